The number of benzene rings is 4. The summed E-state index contributed by atoms with van der Waals surface area (Å²) in [5.41, 5.74) is 4.14. The molecule has 1 aliphatic carbocycles. The first-order valence-corrected chi connectivity index (χ1v) is 34.0. The van der Waals surface area contributed by atoms with Crippen LogP contribution in [0.2, 0.25) is 0 Å². The highest BCUT2D eigenvalue weighted by molar-refractivity contribution is 7.10. The molecule has 4 aliphatic heterocycles. The van der Waals surface area contributed by atoms with Crippen molar-refractivity contribution in [3.8, 4) is 29.1 Å². The summed E-state index contributed by atoms with van der Waals surface area (Å²) in [4.78, 5) is 77.8. The number of carboxylic acid groups (broad SMARTS) is 1. The van der Waals surface area contributed by atoms with Gasteiger partial charge in [0, 0.05) is 85.3 Å². The molecule has 4 amide bonds. The van der Waals surface area contributed by atoms with Crippen LogP contribution < -0.4 is 29.9 Å². The van der Waals surface area contributed by atoms with E-state index in [1.807, 2.05) is 35.2 Å². The Balaban J connectivity index is 0.609. The number of carbonyl (C=O) groups excluding carboxylic acids is 3. The van der Waals surface area contributed by atoms with Crippen molar-refractivity contribution in [3.63, 3.8) is 0 Å². The van der Waals surface area contributed by atoms with Crippen molar-refractivity contribution < 1.29 is 52.7 Å². The number of ether oxygens (including phenoxy) is 6. The van der Waals surface area contributed by atoms with Crippen LogP contribution in [0, 0.1) is 23.2 Å². The maximum absolute atomic E-state index is 14.7. The Hall–Kier alpha value is -7.88. The van der Waals surface area contributed by atoms with Crippen LogP contribution in [0.15, 0.2) is 84.2 Å². The van der Waals surface area contributed by atoms with Gasteiger partial charge < -0.3 is 63.8 Å². The molecular formula is C70H89N11O11S. The van der Waals surface area contributed by atoms with Crippen LogP contribution in [0.3, 0.4) is 0 Å². The van der Waals surface area contributed by atoms with Crippen LogP contribution in [0.1, 0.15) is 108 Å². The summed E-state index contributed by atoms with van der Waals surface area (Å²) in [6.45, 7) is 14.2. The zero-order valence-corrected chi connectivity index (χ0v) is 55.1. The van der Waals surface area contributed by atoms with E-state index < -0.39 is 35.9 Å². The number of thiazole rings is 1. The molecule has 3 N–H and O–H groups in total. The summed E-state index contributed by atoms with van der Waals surface area (Å²) in [6.07, 6.45) is 6.46. The molecule has 23 heteroatoms. The lowest BCUT2D eigenvalue weighted by Crippen LogP contribution is -2.56. The second-order valence-corrected chi connectivity index (χ2v) is 27.0. The standard InChI is InChI=1S/C70H89N11O11S/c1-46(77(5)69(86)92-70(2,3)4)64(82)75-62(49-16-7-6-8-17-49)66(83)81-29-14-23-60(81)65-73-58(45-93-65)54-24-25-61(55-21-12-11-20-53(54)55)90-38-37-88-34-33-87-35-36-89-43-47-39-50(72-40-47)44-91-67-74-57-42-78(59-22-13-18-48-15-9-10-19-52(48)59)30-27-56(57)63(76-67)79-31-32-80(68(84)85)51(41-79)26-28-71/h9-13,15,18-22,24-25,45-47,49-51,60,62,72H,6-8,14,16-17,23,26-27,29-44H2,1-5H3,(H,75,82)(H,84,85)/t46-,47+,50-,51-,60?,62-/m0/s1. The molecule has 3 saturated heterocycles. The van der Waals surface area contributed by atoms with Gasteiger partial charge >= 0.3 is 18.2 Å². The van der Waals surface area contributed by atoms with Gasteiger partial charge in [0.2, 0.25) is 11.8 Å². The van der Waals surface area contributed by atoms with Gasteiger partial charge in [-0.15, -0.1) is 11.3 Å². The average molecular weight is 1290 g/mol. The minimum absolute atomic E-state index is 0.0000917. The number of hydrogen-bond acceptors (Lipinski definition) is 18. The highest BCUT2D eigenvalue weighted by atomic mass is 32.1. The van der Waals surface area contributed by atoms with E-state index in [1.165, 1.54) is 20.6 Å². The average Bonchev–Trinajstić information content (AvgIpc) is 1.72. The number of nitrogens with one attached hydrogen (secondary N) is 2. The largest absolute Gasteiger partial charge is 0.491 e. The third kappa shape index (κ3) is 16.4. The quantitative estimate of drug-likeness (QED) is 0.0451. The SMILES string of the molecule is C[C@@H](C(=O)N[C@H](C(=O)N1CCCC1c1nc(-c2ccc(OCCOCCOCCOC[C@H]3CN[C@H](COc4nc5c(c(N6CCN(C(=O)O)[C@@H](CC#N)C6)n4)CCN(c4cccc6ccccc46)C5)C3)c3ccccc23)cs1)C1CCCCC1)N(C)C(=O)OC(C)(C)C. The molecule has 0 radical (unpaired) electrons. The molecule has 1 unspecified atom stereocenters. The summed E-state index contributed by atoms with van der Waals surface area (Å²) in [5, 5.41) is 33.5. The third-order valence-corrected chi connectivity index (χ3v) is 19.6. The molecule has 496 valence electrons. The lowest BCUT2D eigenvalue weighted by molar-refractivity contribution is -0.140. The number of anilines is 2. The molecular weight excluding hydrogens is 1200 g/mol. The first-order valence-electron chi connectivity index (χ1n) is 33.1. The van der Waals surface area contributed by atoms with E-state index >= 15 is 0 Å². The Labute approximate surface area is 548 Å². The van der Waals surface area contributed by atoms with Crippen LogP contribution in [0.4, 0.5) is 21.1 Å². The minimum Gasteiger partial charge on any atom is -0.491 e. The highest BCUT2D eigenvalue weighted by Crippen LogP contribution is 2.41. The van der Waals surface area contributed by atoms with Crippen LogP contribution in [0.5, 0.6) is 11.8 Å². The molecule has 4 fully saturated rings. The highest BCUT2D eigenvalue weighted by Gasteiger charge is 2.42. The van der Waals surface area contributed by atoms with E-state index in [1.54, 1.807) is 46.1 Å². The monoisotopic (exact) mass is 1290 g/mol. The molecule has 6 atom stereocenters. The number of aromatic nitrogens is 3. The number of rotatable bonds is 25. The topological polar surface area (TPSA) is 247 Å². The Bertz CT molecular complexity index is 3600. The molecule has 6 heterocycles. The van der Waals surface area contributed by atoms with Gasteiger partial charge in [-0.25, -0.2) is 14.6 Å². The summed E-state index contributed by atoms with van der Waals surface area (Å²) in [7, 11) is 1.55. The van der Waals surface area contributed by atoms with E-state index in [0.717, 1.165) is 120 Å². The minimum atomic E-state index is -1.02. The van der Waals surface area contributed by atoms with Gasteiger partial charge in [-0.1, -0.05) is 79.9 Å². The molecule has 6 aromatic rings. The fraction of sp³-hybridized carbons (Fsp3) is 0.543. The number of piperazine rings is 1. The Morgan fingerprint density at radius 1 is 0.796 bits per heavy atom. The maximum Gasteiger partial charge on any atom is 0.410 e. The molecule has 0 spiro atoms. The maximum atomic E-state index is 14.7. The molecule has 4 aromatic carbocycles. The van der Waals surface area contributed by atoms with Gasteiger partial charge in [0.05, 0.1) is 82.1 Å². The van der Waals surface area contributed by atoms with Crippen molar-refractivity contribution in [3.05, 3.63) is 101 Å². The second-order valence-electron chi connectivity index (χ2n) is 26.1. The van der Waals surface area contributed by atoms with Crippen molar-refractivity contribution in [1.29, 1.82) is 5.26 Å². The number of carbonyl (C=O) groups is 4. The van der Waals surface area contributed by atoms with E-state index in [9.17, 15) is 29.5 Å². The molecule has 5 aliphatic rings. The van der Waals surface area contributed by atoms with E-state index in [0.29, 0.717) is 91.4 Å². The molecule has 0 bridgehead atoms. The molecule has 2 aromatic heterocycles. The smallest absolute Gasteiger partial charge is 0.410 e. The van der Waals surface area contributed by atoms with Crippen LogP contribution >= 0.6 is 11.3 Å². The summed E-state index contributed by atoms with van der Waals surface area (Å²) in [5.74, 6) is 1.32. The van der Waals surface area contributed by atoms with Gasteiger partial charge in [0.15, 0.2) is 0 Å². The number of fused-ring (bicyclic) bond motifs is 3. The zero-order valence-electron chi connectivity index (χ0n) is 54.3. The van der Waals surface area contributed by atoms with E-state index in [-0.39, 0.29) is 48.8 Å². The van der Waals surface area contributed by atoms with Crippen LogP contribution in [-0.4, -0.2) is 188 Å². The number of nitriles is 1. The predicted molar refractivity (Wildman–Crippen MR) is 356 cm³/mol. The number of nitrogens with zero attached hydrogens (tertiary/aromatic N) is 9. The first-order chi connectivity index (χ1) is 45.1. The van der Waals surface area contributed by atoms with Gasteiger partial charge in [-0.2, -0.15) is 15.2 Å². The van der Waals surface area contributed by atoms with Crippen molar-refractivity contribution in [2.45, 2.75) is 134 Å². The Morgan fingerprint density at radius 2 is 1.54 bits per heavy atom. The Kier molecular flexibility index (Phi) is 22.1. The van der Waals surface area contributed by atoms with Gasteiger partial charge in [0.25, 0.3) is 0 Å². The molecule has 93 heavy (non-hydrogen) atoms. The number of likely N-dealkylation sites (tertiary alicyclic amines) is 1. The fourth-order valence-corrected chi connectivity index (χ4v) is 14.6. The van der Waals surface area contributed by atoms with Crippen molar-refractivity contribution >= 4 is 68.4 Å². The Morgan fingerprint density at radius 3 is 2.31 bits per heavy atom. The van der Waals surface area contributed by atoms with Gasteiger partial charge in [-0.05, 0) is 107 Å². The first kappa shape index (κ1) is 66.6. The fourth-order valence-electron chi connectivity index (χ4n) is 13.7. The van der Waals surface area contributed by atoms with Crippen LogP contribution in [0.25, 0.3) is 32.8 Å². The molecule has 11 rings (SSSR count). The molecule has 1 saturated carbocycles. The third-order valence-electron chi connectivity index (χ3n) is 18.6. The molecule has 22 nitrogen and oxygen atoms in total. The van der Waals surface area contributed by atoms with Crippen molar-refractivity contribution in [2.24, 2.45) is 11.8 Å². The van der Waals surface area contributed by atoms with E-state index in [4.69, 9.17) is 43.4 Å². The number of likely N-dealkylation sites (N-methyl/N-ethyl adjacent to an activating group) is 1. The van der Waals surface area contributed by atoms with Gasteiger partial charge in [0.1, 0.15) is 47.5 Å². The number of amides is 4. The summed E-state index contributed by atoms with van der Waals surface area (Å²) < 4.78 is 36.1. The lowest BCUT2D eigenvalue weighted by atomic mass is 9.83. The summed E-state index contributed by atoms with van der Waals surface area (Å²) >= 11 is 1.55. The normalized spacial score (nSPS) is 20.1. The van der Waals surface area contributed by atoms with Crippen molar-refractivity contribution in [2.75, 3.05) is 109 Å². The van der Waals surface area contributed by atoms with E-state index in [2.05, 4.69) is 80.4 Å². The predicted octanol–water partition coefficient (Wildman–Crippen LogP) is 10.0. The zero-order chi connectivity index (χ0) is 65.0. The van der Waals surface area contributed by atoms with Crippen molar-refractivity contribution in [1.82, 2.24) is 40.3 Å². The van der Waals surface area contributed by atoms with Gasteiger partial charge in [-0.3, -0.25) is 14.5 Å². The van der Waals surface area contributed by atoms with Crippen LogP contribution in [-0.2, 0) is 41.5 Å². The lowest BCUT2D eigenvalue weighted by Gasteiger charge is -2.41. The summed E-state index contributed by atoms with van der Waals surface area (Å²) in [6, 6.07) is 27.2. The number of hydrogen-bond donors (Lipinski definition) is 3. The second kappa shape index (κ2) is 30.9.